The molecule has 0 saturated carbocycles. The van der Waals surface area contributed by atoms with Gasteiger partial charge in [0.1, 0.15) is 17.2 Å². The number of alkyl halides is 3. The van der Waals surface area contributed by atoms with E-state index in [0.717, 1.165) is 60.6 Å². The summed E-state index contributed by atoms with van der Waals surface area (Å²) < 4.78 is 51.4. The van der Waals surface area contributed by atoms with E-state index in [1.807, 2.05) is 46.8 Å². The van der Waals surface area contributed by atoms with Gasteiger partial charge in [-0.2, -0.15) is 13.2 Å². The normalized spacial score (nSPS) is 13.1. The third-order valence-corrected chi connectivity index (χ3v) is 8.33. The Bertz CT molecular complexity index is 2080. The number of aliphatic carboxylic acids is 2. The van der Waals surface area contributed by atoms with Gasteiger partial charge in [0.15, 0.2) is 0 Å². The van der Waals surface area contributed by atoms with Crippen molar-refractivity contribution in [2.75, 3.05) is 38.6 Å². The Morgan fingerprint density at radius 2 is 1.47 bits per heavy atom. The first-order chi connectivity index (χ1) is 25.2. The van der Waals surface area contributed by atoms with E-state index in [1.165, 1.54) is 11.8 Å². The second kappa shape index (κ2) is 16.3. The fraction of sp³-hybridized carbons (Fsp3) is 0.216. The molecule has 3 N–H and O–H groups in total. The zero-order valence-electron chi connectivity index (χ0n) is 28.5. The van der Waals surface area contributed by atoms with Gasteiger partial charge in [-0.3, -0.25) is 14.5 Å². The number of benzene rings is 3. The molecule has 6 rings (SSSR count). The molecule has 0 aliphatic carbocycles. The monoisotopic (exact) mass is 733 g/mol. The fourth-order valence-corrected chi connectivity index (χ4v) is 5.51. The number of nitrogens with one attached hydrogen (secondary N) is 1. The number of carboxylic acid groups (broad SMARTS) is 2. The third kappa shape index (κ3) is 9.68. The molecule has 1 saturated heterocycles. The number of ether oxygens (including phenoxy) is 2. The molecular weight excluding hydrogens is 699 g/mol. The van der Waals surface area contributed by atoms with E-state index >= 15 is 0 Å². The Balaban J connectivity index is 0.000000833. The Kier molecular flexibility index (Phi) is 11.6. The van der Waals surface area contributed by atoms with Crippen LogP contribution in [0, 0.1) is 0 Å². The smallest absolute Gasteiger partial charge is 0.416 e. The van der Waals surface area contributed by atoms with Gasteiger partial charge in [0.25, 0.3) is 11.8 Å². The molecule has 0 spiro atoms. The molecule has 3 aromatic carbocycles. The Morgan fingerprint density at radius 3 is 2.04 bits per heavy atom. The highest BCUT2D eigenvalue weighted by Crippen LogP contribution is 2.30. The largest absolute Gasteiger partial charge is 0.497 e. The van der Waals surface area contributed by atoms with Crippen LogP contribution in [0.2, 0.25) is 0 Å². The van der Waals surface area contributed by atoms with Crippen molar-refractivity contribution < 1.29 is 52.0 Å². The van der Waals surface area contributed by atoms with Gasteiger partial charge in [-0.05, 0) is 72.3 Å². The first kappa shape index (κ1) is 37.8. The van der Waals surface area contributed by atoms with E-state index < -0.39 is 29.6 Å². The average Bonchev–Trinajstić information content (AvgIpc) is 3.47. The van der Waals surface area contributed by atoms with Crippen LogP contribution in [0.25, 0.3) is 10.9 Å². The summed E-state index contributed by atoms with van der Waals surface area (Å²) in [5.74, 6) is -2.62. The minimum absolute atomic E-state index is 0.0223. The summed E-state index contributed by atoms with van der Waals surface area (Å²) >= 11 is 0. The van der Waals surface area contributed by atoms with Gasteiger partial charge in [-0.15, -0.1) is 0 Å². The molecule has 16 heteroatoms. The summed E-state index contributed by atoms with van der Waals surface area (Å²) in [6.45, 7) is 3.65. The summed E-state index contributed by atoms with van der Waals surface area (Å²) in [5.41, 5.74) is 2.28. The van der Waals surface area contributed by atoms with Crippen LogP contribution in [0.3, 0.4) is 0 Å². The minimum Gasteiger partial charge on any atom is -0.497 e. The number of halogens is 3. The van der Waals surface area contributed by atoms with E-state index in [4.69, 9.17) is 29.3 Å². The second-order valence-corrected chi connectivity index (χ2v) is 11.9. The van der Waals surface area contributed by atoms with Crippen LogP contribution >= 0.6 is 0 Å². The Labute approximate surface area is 300 Å². The lowest BCUT2D eigenvalue weighted by molar-refractivity contribution is -0.159. The molecule has 0 atom stereocenters. The number of methoxy groups -OCH3 is 1. The van der Waals surface area contributed by atoms with Crippen LogP contribution < -0.4 is 14.8 Å². The van der Waals surface area contributed by atoms with Crippen LogP contribution in [0.1, 0.15) is 32.0 Å². The quantitative estimate of drug-likeness (QED) is 0.167. The number of hydrogen-bond acceptors (Lipinski definition) is 8. The highest BCUT2D eigenvalue weighted by molar-refractivity contribution is 6.27. The molecule has 276 valence electrons. The number of carbonyl (C=O) groups excluding carboxylic acids is 2. The number of aryl methyl sites for hydroxylation is 1. The lowest BCUT2D eigenvalue weighted by atomic mass is 10.1. The Hall–Kier alpha value is -6.42. The number of amides is 2. The zero-order chi connectivity index (χ0) is 38.3. The van der Waals surface area contributed by atoms with Crippen molar-refractivity contribution in [2.45, 2.75) is 12.7 Å². The molecule has 0 bridgehead atoms. The van der Waals surface area contributed by atoms with Crippen molar-refractivity contribution in [3.63, 3.8) is 0 Å². The van der Waals surface area contributed by atoms with Gasteiger partial charge in [0, 0.05) is 62.3 Å². The van der Waals surface area contributed by atoms with Gasteiger partial charge < -0.3 is 34.5 Å². The first-order valence-corrected chi connectivity index (χ1v) is 16.0. The number of piperazine rings is 1. The maximum atomic E-state index is 13.5. The molecule has 5 aromatic rings. The molecule has 1 aliphatic rings. The minimum atomic E-state index is -4.48. The van der Waals surface area contributed by atoms with Crippen LogP contribution in [0.5, 0.6) is 17.4 Å². The van der Waals surface area contributed by atoms with Crippen molar-refractivity contribution in [3.05, 3.63) is 114 Å². The van der Waals surface area contributed by atoms with Crippen molar-refractivity contribution in [1.29, 1.82) is 0 Å². The maximum Gasteiger partial charge on any atom is 0.416 e. The van der Waals surface area contributed by atoms with E-state index in [-0.39, 0.29) is 17.4 Å². The van der Waals surface area contributed by atoms with Crippen LogP contribution in [-0.2, 0) is 29.4 Å². The summed E-state index contributed by atoms with van der Waals surface area (Å²) in [5, 5.41) is 18.2. The summed E-state index contributed by atoms with van der Waals surface area (Å²) in [7, 11) is 3.52. The summed E-state index contributed by atoms with van der Waals surface area (Å²) in [4.78, 5) is 52.6. The molecule has 1 aliphatic heterocycles. The number of rotatable bonds is 8. The van der Waals surface area contributed by atoms with Gasteiger partial charge in [0.05, 0.1) is 24.6 Å². The number of pyridine rings is 1. The predicted molar refractivity (Wildman–Crippen MR) is 186 cm³/mol. The number of carbonyl (C=O) groups is 4. The number of aromatic nitrogens is 2. The van der Waals surface area contributed by atoms with Crippen molar-refractivity contribution >= 4 is 40.3 Å². The topological polar surface area (TPSA) is 164 Å². The van der Waals surface area contributed by atoms with E-state index in [2.05, 4.69) is 27.3 Å². The van der Waals surface area contributed by atoms with E-state index in [1.54, 1.807) is 25.3 Å². The molecule has 0 unspecified atom stereocenters. The fourth-order valence-electron chi connectivity index (χ4n) is 5.51. The van der Waals surface area contributed by atoms with Gasteiger partial charge in [-0.25, -0.2) is 14.6 Å². The van der Waals surface area contributed by atoms with Gasteiger partial charge in [-0.1, -0.05) is 12.1 Å². The molecule has 1 fully saturated rings. The Morgan fingerprint density at radius 1 is 0.830 bits per heavy atom. The summed E-state index contributed by atoms with van der Waals surface area (Å²) in [6, 6.07) is 22.5. The predicted octanol–water partition coefficient (Wildman–Crippen LogP) is 5.76. The van der Waals surface area contributed by atoms with E-state index in [0.29, 0.717) is 30.2 Å². The average molecular weight is 734 g/mol. The summed E-state index contributed by atoms with van der Waals surface area (Å²) in [6.07, 6.45) is -3.08. The van der Waals surface area contributed by atoms with Crippen molar-refractivity contribution in [2.24, 2.45) is 7.05 Å². The molecular formula is C37H34F3N5O8. The lowest BCUT2D eigenvalue weighted by Gasteiger charge is -2.34. The highest BCUT2D eigenvalue weighted by Gasteiger charge is 2.30. The third-order valence-electron chi connectivity index (χ3n) is 8.33. The molecule has 2 amide bonds. The van der Waals surface area contributed by atoms with Gasteiger partial charge >= 0.3 is 18.1 Å². The van der Waals surface area contributed by atoms with Crippen LogP contribution in [0.15, 0.2) is 91.1 Å². The number of anilines is 1. The number of carboxylic acids is 2. The lowest BCUT2D eigenvalue weighted by Crippen LogP contribution is -2.48. The molecule has 3 heterocycles. The van der Waals surface area contributed by atoms with Crippen molar-refractivity contribution in [3.8, 4) is 17.4 Å². The molecule has 0 radical (unpaired) electrons. The SMILES string of the molecule is COc1ccc(CN2CCN(C(=O)c3cc4cc(Oc5ccc(NC(=O)c6ccc(C(F)(F)F)cc6)cn5)ccc4n3C)CC2)cc1.O=C(O)C(=O)O. The standard InChI is InChI=1S/C35H32F3N5O4.C2H2O4/c1-41-30-13-12-29(47-32-14-9-27(21-39-32)40-33(44)24-5-7-26(8-6-24)35(36,37)38)19-25(30)20-31(41)34(45)43-17-15-42(16-18-43)22-23-3-10-28(46-2)11-4-23;3-1(4)2(5)6/h3-14,19-21H,15-18,22H2,1-2H3,(H,40,44);(H,3,4)(H,5,6). The maximum absolute atomic E-state index is 13.5. The van der Waals surface area contributed by atoms with E-state index in [9.17, 15) is 22.8 Å². The zero-order valence-corrected chi connectivity index (χ0v) is 28.5. The van der Waals surface area contributed by atoms with Gasteiger partial charge in [0.2, 0.25) is 5.88 Å². The van der Waals surface area contributed by atoms with Crippen molar-refractivity contribution in [1.82, 2.24) is 19.4 Å². The number of hydrogen-bond donors (Lipinski definition) is 3. The first-order valence-electron chi connectivity index (χ1n) is 16.0. The highest BCUT2D eigenvalue weighted by atomic mass is 19.4. The van der Waals surface area contributed by atoms with Crippen LogP contribution in [-0.4, -0.2) is 86.6 Å². The van der Waals surface area contributed by atoms with Crippen LogP contribution in [0.4, 0.5) is 18.9 Å². The molecule has 2 aromatic heterocycles. The number of nitrogens with zero attached hydrogens (tertiary/aromatic N) is 4. The molecule has 13 nitrogen and oxygen atoms in total. The number of fused-ring (bicyclic) bond motifs is 1. The molecule has 53 heavy (non-hydrogen) atoms. The second-order valence-electron chi connectivity index (χ2n) is 11.9.